The van der Waals surface area contributed by atoms with E-state index in [1.807, 2.05) is 6.20 Å². The number of benzene rings is 1. The molecule has 1 aliphatic carbocycles. The lowest BCUT2D eigenvalue weighted by atomic mass is 10.1. The van der Waals surface area contributed by atoms with Gasteiger partial charge in [-0.1, -0.05) is 28.1 Å². The van der Waals surface area contributed by atoms with Crippen LogP contribution in [0.4, 0.5) is 0 Å². The molecule has 0 amide bonds. The van der Waals surface area contributed by atoms with Crippen molar-refractivity contribution < 1.29 is 0 Å². The quantitative estimate of drug-likeness (QED) is 0.914. The number of nitrogens with one attached hydrogen (secondary N) is 2. The number of halogens is 1. The Morgan fingerprint density at radius 2 is 2.39 bits per heavy atom. The number of nitrogens with zero attached hydrogens (tertiary/aromatic N) is 1. The monoisotopic (exact) mass is 305 g/mol. The molecular weight excluding hydrogens is 290 g/mol. The normalized spacial score (nSPS) is 18.0. The number of aryl methyl sites for hydroxylation is 1. The molecule has 2 N–H and O–H groups in total. The molecular formula is C14H16BrN3. The number of hydrogen-bond donors (Lipinski definition) is 2. The average Bonchev–Trinajstić information content (AvgIpc) is 2.94. The second-order valence-electron chi connectivity index (χ2n) is 4.80. The Kier molecular flexibility index (Phi) is 3.22. The minimum absolute atomic E-state index is 0.465. The first-order valence-electron chi connectivity index (χ1n) is 6.25. The summed E-state index contributed by atoms with van der Waals surface area (Å²) < 4.78 is 1.24. The summed E-state index contributed by atoms with van der Waals surface area (Å²) in [6.07, 6.45) is 4.23. The van der Waals surface area contributed by atoms with Gasteiger partial charge in [0.25, 0.3) is 0 Å². The van der Waals surface area contributed by atoms with E-state index in [0.29, 0.717) is 6.04 Å². The topological polar surface area (TPSA) is 40.7 Å². The van der Waals surface area contributed by atoms with Crippen molar-refractivity contribution in [2.45, 2.75) is 32.4 Å². The van der Waals surface area contributed by atoms with E-state index in [1.165, 1.54) is 27.6 Å². The Bertz CT molecular complexity index is 562. The van der Waals surface area contributed by atoms with Gasteiger partial charge in [0.2, 0.25) is 0 Å². The van der Waals surface area contributed by atoms with Gasteiger partial charge in [-0.25, -0.2) is 0 Å². The first-order valence-corrected chi connectivity index (χ1v) is 7.04. The van der Waals surface area contributed by atoms with E-state index in [9.17, 15) is 0 Å². The molecule has 0 aliphatic heterocycles. The van der Waals surface area contributed by atoms with E-state index >= 15 is 0 Å². The molecule has 2 aromatic rings. The van der Waals surface area contributed by atoms with Crippen LogP contribution in [0.1, 0.15) is 34.8 Å². The van der Waals surface area contributed by atoms with Gasteiger partial charge in [-0.15, -0.1) is 0 Å². The third kappa shape index (κ3) is 2.10. The number of H-pyrrole nitrogens is 1. The van der Waals surface area contributed by atoms with Crippen LogP contribution in [-0.2, 0) is 13.0 Å². The van der Waals surface area contributed by atoms with E-state index < -0.39 is 0 Å². The summed E-state index contributed by atoms with van der Waals surface area (Å²) in [5.41, 5.74) is 5.29. The van der Waals surface area contributed by atoms with Crippen molar-refractivity contribution in [1.82, 2.24) is 15.5 Å². The van der Waals surface area contributed by atoms with E-state index in [4.69, 9.17) is 0 Å². The minimum Gasteiger partial charge on any atom is -0.306 e. The number of aromatic nitrogens is 2. The zero-order valence-corrected chi connectivity index (χ0v) is 11.9. The molecule has 0 unspecified atom stereocenters. The average molecular weight is 306 g/mol. The molecule has 1 aromatic heterocycles. The van der Waals surface area contributed by atoms with Crippen LogP contribution < -0.4 is 5.32 Å². The highest BCUT2D eigenvalue weighted by molar-refractivity contribution is 9.10. The molecule has 94 valence electrons. The molecule has 3 nitrogen and oxygen atoms in total. The van der Waals surface area contributed by atoms with Crippen molar-refractivity contribution in [3.05, 3.63) is 51.3 Å². The summed E-state index contributed by atoms with van der Waals surface area (Å²) in [5, 5.41) is 10.7. The van der Waals surface area contributed by atoms with Gasteiger partial charge in [0.1, 0.15) is 0 Å². The van der Waals surface area contributed by atoms with Crippen molar-refractivity contribution in [2.24, 2.45) is 0 Å². The predicted octanol–water partition coefficient (Wildman–Crippen LogP) is 3.26. The Balaban J connectivity index is 1.74. The van der Waals surface area contributed by atoms with Gasteiger partial charge in [-0.2, -0.15) is 5.10 Å². The lowest BCUT2D eigenvalue weighted by molar-refractivity contribution is 0.529. The Morgan fingerprint density at radius 3 is 3.17 bits per heavy atom. The predicted molar refractivity (Wildman–Crippen MR) is 75.4 cm³/mol. The molecule has 18 heavy (non-hydrogen) atoms. The molecule has 0 spiro atoms. The SMILES string of the molecule is Cc1[nH]ncc1CN[C@@H]1CCc2c(Br)cccc21. The third-order valence-corrected chi connectivity index (χ3v) is 4.43. The van der Waals surface area contributed by atoms with Gasteiger partial charge < -0.3 is 5.32 Å². The fourth-order valence-corrected chi connectivity index (χ4v) is 3.19. The minimum atomic E-state index is 0.465. The molecule has 0 saturated heterocycles. The lowest BCUT2D eigenvalue weighted by Gasteiger charge is -2.14. The zero-order chi connectivity index (χ0) is 12.5. The number of hydrogen-bond acceptors (Lipinski definition) is 2. The second kappa shape index (κ2) is 4.86. The fourth-order valence-electron chi connectivity index (χ4n) is 2.61. The van der Waals surface area contributed by atoms with Gasteiger partial charge in [-0.3, -0.25) is 5.10 Å². The van der Waals surface area contributed by atoms with Crippen LogP contribution in [0.5, 0.6) is 0 Å². The first kappa shape index (κ1) is 11.9. The largest absolute Gasteiger partial charge is 0.306 e. The van der Waals surface area contributed by atoms with Crippen LogP contribution >= 0.6 is 15.9 Å². The molecule has 0 saturated carbocycles. The number of aromatic amines is 1. The molecule has 0 fully saturated rings. The summed E-state index contributed by atoms with van der Waals surface area (Å²) in [7, 11) is 0. The summed E-state index contributed by atoms with van der Waals surface area (Å²) in [6.45, 7) is 2.93. The van der Waals surface area contributed by atoms with E-state index in [1.54, 1.807) is 0 Å². The van der Waals surface area contributed by atoms with Crippen LogP contribution in [0, 0.1) is 6.92 Å². The fraction of sp³-hybridized carbons (Fsp3) is 0.357. The van der Waals surface area contributed by atoms with Crippen LogP contribution in [-0.4, -0.2) is 10.2 Å². The maximum Gasteiger partial charge on any atom is 0.0535 e. The van der Waals surface area contributed by atoms with Crippen LogP contribution in [0.25, 0.3) is 0 Å². The second-order valence-corrected chi connectivity index (χ2v) is 5.65. The smallest absolute Gasteiger partial charge is 0.0535 e. The van der Waals surface area contributed by atoms with Gasteiger partial charge >= 0.3 is 0 Å². The van der Waals surface area contributed by atoms with Crippen molar-refractivity contribution in [3.63, 3.8) is 0 Å². The highest BCUT2D eigenvalue weighted by atomic mass is 79.9. The molecule has 1 aliphatic rings. The van der Waals surface area contributed by atoms with Gasteiger partial charge in [0.05, 0.1) is 6.20 Å². The van der Waals surface area contributed by atoms with E-state index in [2.05, 4.69) is 56.6 Å². The van der Waals surface area contributed by atoms with E-state index in [-0.39, 0.29) is 0 Å². The lowest BCUT2D eigenvalue weighted by Crippen LogP contribution is -2.18. The summed E-state index contributed by atoms with van der Waals surface area (Å²) in [4.78, 5) is 0. The molecule has 1 heterocycles. The highest BCUT2D eigenvalue weighted by Crippen LogP contribution is 2.35. The standard InChI is InChI=1S/C14H16BrN3/c1-9-10(8-17-18-9)7-16-14-6-5-11-12(14)3-2-4-13(11)15/h2-4,8,14,16H,5-7H2,1H3,(H,17,18)/t14-/m1/s1. The molecule has 0 bridgehead atoms. The first-order chi connectivity index (χ1) is 8.75. The van der Waals surface area contributed by atoms with Crippen molar-refractivity contribution in [3.8, 4) is 0 Å². The summed E-state index contributed by atoms with van der Waals surface area (Å²) in [6, 6.07) is 6.94. The van der Waals surface area contributed by atoms with Crippen LogP contribution in [0.15, 0.2) is 28.9 Å². The summed E-state index contributed by atoms with van der Waals surface area (Å²) in [5.74, 6) is 0. The number of fused-ring (bicyclic) bond motifs is 1. The van der Waals surface area contributed by atoms with Gasteiger partial charge in [0, 0.05) is 28.3 Å². The maximum atomic E-state index is 4.05. The maximum absolute atomic E-state index is 4.05. The molecule has 1 atom stereocenters. The van der Waals surface area contributed by atoms with Crippen LogP contribution in [0.3, 0.4) is 0 Å². The number of rotatable bonds is 3. The zero-order valence-electron chi connectivity index (χ0n) is 10.3. The van der Waals surface area contributed by atoms with Crippen molar-refractivity contribution in [2.75, 3.05) is 0 Å². The van der Waals surface area contributed by atoms with Gasteiger partial charge in [0.15, 0.2) is 0 Å². The Hall–Kier alpha value is -1.13. The van der Waals surface area contributed by atoms with Gasteiger partial charge in [-0.05, 0) is 37.0 Å². The Labute approximate surface area is 115 Å². The summed E-state index contributed by atoms with van der Waals surface area (Å²) >= 11 is 3.63. The van der Waals surface area contributed by atoms with Crippen molar-refractivity contribution in [1.29, 1.82) is 0 Å². The van der Waals surface area contributed by atoms with Crippen LogP contribution in [0.2, 0.25) is 0 Å². The molecule has 1 aromatic carbocycles. The highest BCUT2D eigenvalue weighted by Gasteiger charge is 2.23. The Morgan fingerprint density at radius 1 is 1.50 bits per heavy atom. The molecule has 0 radical (unpaired) electrons. The molecule has 4 heteroatoms. The van der Waals surface area contributed by atoms with E-state index in [0.717, 1.165) is 18.7 Å². The molecule has 3 rings (SSSR count). The van der Waals surface area contributed by atoms with Crippen molar-refractivity contribution >= 4 is 15.9 Å². The third-order valence-electron chi connectivity index (χ3n) is 3.69.